The third kappa shape index (κ3) is 3.17. The van der Waals surface area contributed by atoms with Crippen LogP contribution in [0.1, 0.15) is 25.7 Å². The zero-order chi connectivity index (χ0) is 24.6. The number of allylic oxidation sites excluding steroid dienone is 1. The van der Waals surface area contributed by atoms with Crippen molar-refractivity contribution >= 4 is 60.6 Å². The summed E-state index contributed by atoms with van der Waals surface area (Å²) in [7, 11) is 0. The van der Waals surface area contributed by atoms with E-state index in [2.05, 4.69) is 4.98 Å². The molecule has 0 aliphatic heterocycles. The first-order chi connectivity index (χ1) is 16.7. The van der Waals surface area contributed by atoms with Gasteiger partial charge in [-0.15, -0.1) is 22.7 Å². The Labute approximate surface area is 200 Å². The molecule has 0 amide bonds. The minimum atomic E-state index is -2.23. The number of hydrogen-bond acceptors (Lipinski definition) is 5. The minimum Gasteiger partial charge on any atom is -0.288 e. The van der Waals surface area contributed by atoms with Crippen LogP contribution in [0.2, 0.25) is 0 Å². The number of thiophene rings is 1. The van der Waals surface area contributed by atoms with Gasteiger partial charge >= 0.3 is 0 Å². The molecule has 172 valence electrons. The Morgan fingerprint density at radius 2 is 1.26 bits per heavy atom. The Hall–Kier alpha value is -3.76. The largest absolute Gasteiger partial charge is 0.288 e. The van der Waals surface area contributed by atoms with Crippen molar-refractivity contribution in [2.45, 2.75) is 0 Å². The summed E-state index contributed by atoms with van der Waals surface area (Å²) in [6.45, 7) is 0. The van der Waals surface area contributed by atoms with Crippen molar-refractivity contribution in [3.63, 3.8) is 0 Å². The average Bonchev–Trinajstić information content (AvgIpc) is 3.48. The highest BCUT2D eigenvalue weighted by molar-refractivity contribution is 7.29. The van der Waals surface area contributed by atoms with E-state index < -0.39 is 46.2 Å². The molecule has 3 nitrogen and oxygen atoms in total. The molecule has 0 atom stereocenters. The first-order valence-electron chi connectivity index (χ1n) is 10.0. The normalized spacial score (nSPS) is 13.3. The number of nitrogens with zero attached hydrogens (tertiary/aromatic N) is 1. The van der Waals surface area contributed by atoms with Gasteiger partial charge in [-0.1, -0.05) is 24.3 Å². The summed E-state index contributed by atoms with van der Waals surface area (Å²) in [6.07, 6.45) is 1.35. The maximum Gasteiger partial charge on any atom is 0.200 e. The number of carbonyl (C=O) groups excluding carboxylic acids is 2. The van der Waals surface area contributed by atoms with Crippen LogP contribution >= 0.6 is 22.7 Å². The number of ketones is 2. The molecular weight excluding hydrogens is 505 g/mol. The van der Waals surface area contributed by atoms with Crippen molar-refractivity contribution in [3.8, 4) is 10.4 Å². The predicted molar refractivity (Wildman–Crippen MR) is 123 cm³/mol. The number of rotatable bonds is 2. The van der Waals surface area contributed by atoms with Gasteiger partial charge in [-0.25, -0.2) is 26.9 Å². The molecule has 10 heteroatoms. The summed E-state index contributed by atoms with van der Waals surface area (Å²) in [6, 6.07) is 11.9. The van der Waals surface area contributed by atoms with Gasteiger partial charge in [0.2, 0.25) is 5.82 Å². The number of thiazole rings is 1. The summed E-state index contributed by atoms with van der Waals surface area (Å²) in [5.41, 5.74) is -0.490. The van der Waals surface area contributed by atoms with Gasteiger partial charge in [-0.2, -0.15) is 0 Å². The van der Waals surface area contributed by atoms with Crippen LogP contribution in [0, 0.1) is 29.1 Å². The SMILES string of the molecule is O=C1C(=Cc2nc3sc(-c4c(F)c(F)c(F)c(F)c4F)cc3s2)C(=O)c2cc3ccccc3cc21. The standard InChI is InChI=1S/C25H8F5NO2S2/c26-18-17(19(27)21(29)22(30)20(18)28)14-8-15-25(35-14)31-16(34-15)7-13-23(32)11-5-9-3-1-2-4-10(9)6-12(11)24(13)33/h1-8H. The number of hydrogen-bond donors (Lipinski definition) is 0. The molecule has 2 heterocycles. The van der Waals surface area contributed by atoms with Gasteiger partial charge in [0.25, 0.3) is 0 Å². The van der Waals surface area contributed by atoms with Crippen LogP contribution in [0.15, 0.2) is 48.0 Å². The van der Waals surface area contributed by atoms with Crippen LogP contribution in [0.25, 0.3) is 36.8 Å². The minimum absolute atomic E-state index is 0.0586. The van der Waals surface area contributed by atoms with Crippen molar-refractivity contribution in [3.05, 3.63) is 93.3 Å². The monoisotopic (exact) mass is 513 g/mol. The highest BCUT2D eigenvalue weighted by Gasteiger charge is 2.34. The zero-order valence-corrected chi connectivity index (χ0v) is 18.7. The van der Waals surface area contributed by atoms with Crippen LogP contribution in [0.4, 0.5) is 22.0 Å². The smallest absolute Gasteiger partial charge is 0.200 e. The number of carbonyl (C=O) groups is 2. The van der Waals surface area contributed by atoms with E-state index in [1.165, 1.54) is 12.1 Å². The summed E-state index contributed by atoms with van der Waals surface area (Å²) < 4.78 is 69.3. The van der Waals surface area contributed by atoms with Gasteiger partial charge in [0, 0.05) is 16.0 Å². The topological polar surface area (TPSA) is 47.0 Å². The van der Waals surface area contributed by atoms with E-state index in [0.29, 0.717) is 20.8 Å². The van der Waals surface area contributed by atoms with E-state index in [0.717, 1.165) is 33.4 Å². The first kappa shape index (κ1) is 21.8. The highest BCUT2D eigenvalue weighted by Crippen LogP contribution is 2.41. The van der Waals surface area contributed by atoms with Gasteiger partial charge in [0.1, 0.15) is 9.84 Å². The lowest BCUT2D eigenvalue weighted by atomic mass is 10.0. The molecule has 1 aliphatic carbocycles. The lowest BCUT2D eigenvalue weighted by Gasteiger charge is -2.05. The lowest BCUT2D eigenvalue weighted by molar-refractivity contribution is 0.0990. The molecule has 35 heavy (non-hydrogen) atoms. The second-order valence-electron chi connectivity index (χ2n) is 7.74. The molecule has 6 rings (SSSR count). The number of halogens is 5. The summed E-state index contributed by atoms with van der Waals surface area (Å²) in [4.78, 5) is 30.2. The third-order valence-corrected chi connectivity index (χ3v) is 7.82. The Morgan fingerprint density at radius 3 is 1.80 bits per heavy atom. The van der Waals surface area contributed by atoms with E-state index in [9.17, 15) is 31.5 Å². The molecule has 5 aromatic rings. The molecule has 0 spiro atoms. The van der Waals surface area contributed by atoms with Crippen LogP contribution in [-0.2, 0) is 0 Å². The van der Waals surface area contributed by atoms with E-state index >= 15 is 0 Å². The molecule has 0 radical (unpaired) electrons. The Morgan fingerprint density at radius 1 is 0.714 bits per heavy atom. The van der Waals surface area contributed by atoms with E-state index in [-0.39, 0.29) is 15.3 Å². The van der Waals surface area contributed by atoms with Crippen LogP contribution in [-0.4, -0.2) is 16.6 Å². The molecule has 2 aromatic heterocycles. The third-order valence-electron chi connectivity index (χ3n) is 5.69. The molecule has 0 saturated heterocycles. The Balaban J connectivity index is 1.40. The maximum atomic E-state index is 14.2. The Kier molecular flexibility index (Phi) is 4.74. The molecule has 0 saturated carbocycles. The van der Waals surface area contributed by atoms with Gasteiger partial charge in [-0.3, -0.25) is 9.59 Å². The second-order valence-corrected chi connectivity index (χ2v) is 9.83. The summed E-state index contributed by atoms with van der Waals surface area (Å²) in [5, 5.41) is 1.94. The highest BCUT2D eigenvalue weighted by atomic mass is 32.1. The van der Waals surface area contributed by atoms with E-state index in [1.54, 1.807) is 12.1 Å². The quantitative estimate of drug-likeness (QED) is 0.0816. The summed E-state index contributed by atoms with van der Waals surface area (Å²) >= 11 is 1.76. The second kappa shape index (κ2) is 7.62. The number of fused-ring (bicyclic) bond motifs is 3. The fourth-order valence-corrected chi connectivity index (χ4v) is 6.22. The Bertz CT molecular complexity index is 1680. The molecule has 0 N–H and O–H groups in total. The zero-order valence-electron chi connectivity index (χ0n) is 17.1. The van der Waals surface area contributed by atoms with Gasteiger partial charge < -0.3 is 0 Å². The van der Waals surface area contributed by atoms with Crippen molar-refractivity contribution < 1.29 is 31.5 Å². The lowest BCUT2D eigenvalue weighted by Crippen LogP contribution is -2.03. The maximum absolute atomic E-state index is 14.2. The van der Waals surface area contributed by atoms with Crippen molar-refractivity contribution in [1.82, 2.24) is 4.98 Å². The first-order valence-corrected chi connectivity index (χ1v) is 11.6. The molecule has 0 fully saturated rings. The van der Waals surface area contributed by atoms with Crippen molar-refractivity contribution in [2.75, 3.05) is 0 Å². The number of benzene rings is 3. The van der Waals surface area contributed by atoms with Gasteiger partial charge in [-0.05, 0) is 35.0 Å². The van der Waals surface area contributed by atoms with Gasteiger partial charge in [0.05, 0.1) is 15.8 Å². The predicted octanol–water partition coefficient (Wildman–Crippen LogP) is 7.34. The van der Waals surface area contributed by atoms with Crippen molar-refractivity contribution in [2.24, 2.45) is 0 Å². The van der Waals surface area contributed by atoms with Crippen molar-refractivity contribution in [1.29, 1.82) is 0 Å². The molecule has 3 aromatic carbocycles. The number of aromatic nitrogens is 1. The van der Waals surface area contributed by atoms with Crippen LogP contribution in [0.3, 0.4) is 0 Å². The van der Waals surface area contributed by atoms with Gasteiger partial charge in [0.15, 0.2) is 34.8 Å². The fraction of sp³-hybridized carbons (Fsp3) is 0. The van der Waals surface area contributed by atoms with Crippen LogP contribution < -0.4 is 0 Å². The molecule has 0 unspecified atom stereocenters. The summed E-state index contributed by atoms with van der Waals surface area (Å²) in [5.74, 6) is -11.0. The molecule has 1 aliphatic rings. The van der Waals surface area contributed by atoms with E-state index in [1.807, 2.05) is 24.3 Å². The number of Topliss-reactive ketones (excluding diaryl/α,β-unsaturated/α-hetero) is 2. The molecular formula is C25H8F5NO2S2. The molecule has 0 bridgehead atoms. The van der Waals surface area contributed by atoms with Crippen LogP contribution in [0.5, 0.6) is 0 Å². The van der Waals surface area contributed by atoms with E-state index in [4.69, 9.17) is 0 Å². The fourth-order valence-electron chi connectivity index (χ4n) is 4.02. The average molecular weight is 513 g/mol.